The topological polar surface area (TPSA) is 93.8 Å². The Hall–Kier alpha value is -3.22. The molecule has 0 saturated carbocycles. The van der Waals surface area contributed by atoms with Crippen LogP contribution in [0.25, 0.3) is 0 Å². The third-order valence-electron chi connectivity index (χ3n) is 3.72. The zero-order chi connectivity index (χ0) is 19.1. The molecule has 0 spiro atoms. The Labute approximate surface area is 151 Å². The predicted octanol–water partition coefficient (Wildman–Crippen LogP) is 3.56. The molecule has 7 nitrogen and oxygen atoms in total. The van der Waals surface area contributed by atoms with Gasteiger partial charge in [-0.05, 0) is 30.0 Å². The number of nitro benzene ring substituents is 1. The minimum Gasteiger partial charge on any atom is -0.483 e. The zero-order valence-electron chi connectivity index (χ0n) is 14.9. The average Bonchev–Trinajstić information content (AvgIpc) is 2.61. The van der Waals surface area contributed by atoms with E-state index in [-0.39, 0.29) is 12.3 Å². The maximum Gasteiger partial charge on any atom is 0.277 e. The van der Waals surface area contributed by atoms with E-state index in [1.807, 2.05) is 25.1 Å². The van der Waals surface area contributed by atoms with Gasteiger partial charge in [-0.1, -0.05) is 38.1 Å². The highest BCUT2D eigenvalue weighted by Gasteiger charge is 2.08. The Kier molecular flexibility index (Phi) is 6.43. The predicted molar refractivity (Wildman–Crippen MR) is 99.6 cm³/mol. The van der Waals surface area contributed by atoms with Crippen molar-refractivity contribution in [3.05, 3.63) is 69.3 Å². The highest BCUT2D eigenvalue weighted by Crippen LogP contribution is 2.24. The first-order valence-electron chi connectivity index (χ1n) is 8.16. The Balaban J connectivity index is 1.90. The molecule has 0 unspecified atom stereocenters. The van der Waals surface area contributed by atoms with E-state index in [1.54, 1.807) is 12.1 Å². The molecule has 7 heteroatoms. The van der Waals surface area contributed by atoms with Crippen LogP contribution in [-0.4, -0.2) is 23.7 Å². The second kappa shape index (κ2) is 8.75. The Morgan fingerprint density at radius 2 is 2.08 bits per heavy atom. The standard InChI is InChI=1S/C19H21N3O4/c1-13(2)16-8-7-14(3)18(10-16)26-12-19(23)21-20-11-15-5-4-6-17(9-15)22(24)25/h4-11,13H,12H2,1-3H3,(H,21,23). The number of nitrogens with one attached hydrogen (secondary N) is 1. The van der Waals surface area contributed by atoms with Gasteiger partial charge in [0.05, 0.1) is 11.1 Å². The van der Waals surface area contributed by atoms with Gasteiger partial charge in [0, 0.05) is 17.7 Å². The summed E-state index contributed by atoms with van der Waals surface area (Å²) in [6.45, 7) is 5.92. The van der Waals surface area contributed by atoms with Gasteiger partial charge in [-0.25, -0.2) is 5.43 Å². The molecule has 0 aliphatic rings. The SMILES string of the molecule is Cc1ccc(C(C)C)cc1OCC(=O)NN=Cc1cccc([N+](=O)[O-])c1. The Morgan fingerprint density at radius 1 is 1.31 bits per heavy atom. The van der Waals surface area contributed by atoms with E-state index < -0.39 is 10.8 Å². The molecule has 0 atom stereocenters. The molecule has 0 fully saturated rings. The number of non-ortho nitro benzene ring substituents is 1. The molecule has 2 rings (SSSR count). The number of carbonyl (C=O) groups is 1. The molecule has 1 N–H and O–H groups in total. The van der Waals surface area contributed by atoms with E-state index in [2.05, 4.69) is 24.4 Å². The largest absolute Gasteiger partial charge is 0.483 e. The van der Waals surface area contributed by atoms with Crippen molar-refractivity contribution in [1.29, 1.82) is 0 Å². The fourth-order valence-electron chi connectivity index (χ4n) is 2.20. The summed E-state index contributed by atoms with van der Waals surface area (Å²) in [5, 5.41) is 14.5. The molecule has 0 aliphatic heterocycles. The number of hydrogen-bond donors (Lipinski definition) is 1. The number of benzene rings is 2. The summed E-state index contributed by atoms with van der Waals surface area (Å²) in [7, 11) is 0. The molecule has 0 bridgehead atoms. The smallest absolute Gasteiger partial charge is 0.277 e. The van der Waals surface area contributed by atoms with Crippen LogP contribution in [0.4, 0.5) is 5.69 Å². The highest BCUT2D eigenvalue weighted by atomic mass is 16.6. The van der Waals surface area contributed by atoms with Crippen LogP contribution in [0.3, 0.4) is 0 Å². The number of nitrogens with zero attached hydrogens (tertiary/aromatic N) is 2. The van der Waals surface area contributed by atoms with Crippen LogP contribution in [0.2, 0.25) is 0 Å². The lowest BCUT2D eigenvalue weighted by Crippen LogP contribution is -2.24. The van der Waals surface area contributed by atoms with E-state index in [9.17, 15) is 14.9 Å². The molecular formula is C19H21N3O4. The number of hydrogen-bond acceptors (Lipinski definition) is 5. The van der Waals surface area contributed by atoms with Gasteiger partial charge in [-0.15, -0.1) is 0 Å². The van der Waals surface area contributed by atoms with E-state index in [1.165, 1.54) is 18.3 Å². The van der Waals surface area contributed by atoms with Crippen molar-refractivity contribution < 1.29 is 14.5 Å². The summed E-state index contributed by atoms with van der Waals surface area (Å²) < 4.78 is 5.57. The number of carbonyl (C=O) groups excluding carboxylic acids is 1. The normalized spacial score (nSPS) is 10.9. The van der Waals surface area contributed by atoms with Crippen LogP contribution >= 0.6 is 0 Å². The first-order valence-corrected chi connectivity index (χ1v) is 8.16. The van der Waals surface area contributed by atoms with Gasteiger partial charge in [0.25, 0.3) is 11.6 Å². The van der Waals surface area contributed by atoms with Crippen LogP contribution < -0.4 is 10.2 Å². The zero-order valence-corrected chi connectivity index (χ0v) is 14.9. The lowest BCUT2D eigenvalue weighted by Gasteiger charge is -2.12. The van der Waals surface area contributed by atoms with Crippen LogP contribution in [0.5, 0.6) is 5.75 Å². The lowest BCUT2D eigenvalue weighted by molar-refractivity contribution is -0.384. The average molecular weight is 355 g/mol. The van der Waals surface area contributed by atoms with Crippen molar-refractivity contribution in [3.8, 4) is 5.75 Å². The molecular weight excluding hydrogens is 334 g/mol. The molecule has 0 radical (unpaired) electrons. The van der Waals surface area contributed by atoms with E-state index in [0.29, 0.717) is 17.2 Å². The monoisotopic (exact) mass is 355 g/mol. The number of amides is 1. The Morgan fingerprint density at radius 3 is 2.77 bits per heavy atom. The molecule has 26 heavy (non-hydrogen) atoms. The molecule has 0 heterocycles. The molecule has 0 saturated heterocycles. The Bertz CT molecular complexity index is 831. The van der Waals surface area contributed by atoms with Gasteiger partial charge in [0.1, 0.15) is 5.75 Å². The lowest BCUT2D eigenvalue weighted by atomic mass is 10.0. The molecule has 1 amide bonds. The van der Waals surface area contributed by atoms with E-state index >= 15 is 0 Å². The number of ether oxygens (including phenoxy) is 1. The number of rotatable bonds is 7. The summed E-state index contributed by atoms with van der Waals surface area (Å²) in [5.41, 5.74) is 4.90. The summed E-state index contributed by atoms with van der Waals surface area (Å²) in [5.74, 6) is 0.612. The van der Waals surface area contributed by atoms with Crippen LogP contribution in [0, 0.1) is 17.0 Å². The third kappa shape index (κ3) is 5.41. The van der Waals surface area contributed by atoms with Crippen molar-refractivity contribution in [2.45, 2.75) is 26.7 Å². The minimum atomic E-state index is -0.489. The summed E-state index contributed by atoms with van der Waals surface area (Å²) in [6.07, 6.45) is 1.34. The minimum absolute atomic E-state index is 0.0379. The molecule has 136 valence electrons. The van der Waals surface area contributed by atoms with Gasteiger partial charge < -0.3 is 4.74 Å². The van der Waals surface area contributed by atoms with Crippen molar-refractivity contribution in [3.63, 3.8) is 0 Å². The first kappa shape index (κ1) is 19.1. The summed E-state index contributed by atoms with van der Waals surface area (Å²) >= 11 is 0. The maximum absolute atomic E-state index is 11.9. The summed E-state index contributed by atoms with van der Waals surface area (Å²) in [6, 6.07) is 11.9. The van der Waals surface area contributed by atoms with Gasteiger partial charge in [0.15, 0.2) is 6.61 Å². The van der Waals surface area contributed by atoms with Gasteiger partial charge in [-0.3, -0.25) is 14.9 Å². The number of hydrazone groups is 1. The first-order chi connectivity index (χ1) is 12.4. The highest BCUT2D eigenvalue weighted by molar-refractivity contribution is 5.83. The summed E-state index contributed by atoms with van der Waals surface area (Å²) in [4.78, 5) is 22.1. The maximum atomic E-state index is 11.9. The van der Waals surface area contributed by atoms with Crippen molar-refractivity contribution in [2.24, 2.45) is 5.10 Å². The van der Waals surface area contributed by atoms with Crippen molar-refractivity contribution in [2.75, 3.05) is 6.61 Å². The fourth-order valence-corrected chi connectivity index (χ4v) is 2.20. The van der Waals surface area contributed by atoms with Gasteiger partial charge in [0.2, 0.25) is 0 Å². The van der Waals surface area contributed by atoms with Crippen LogP contribution in [0.15, 0.2) is 47.6 Å². The van der Waals surface area contributed by atoms with Crippen molar-refractivity contribution in [1.82, 2.24) is 5.43 Å². The second-order valence-corrected chi connectivity index (χ2v) is 6.11. The van der Waals surface area contributed by atoms with Gasteiger partial charge >= 0.3 is 0 Å². The van der Waals surface area contributed by atoms with E-state index in [4.69, 9.17) is 4.74 Å². The number of aryl methyl sites for hydroxylation is 1. The van der Waals surface area contributed by atoms with Gasteiger partial charge in [-0.2, -0.15) is 5.10 Å². The second-order valence-electron chi connectivity index (χ2n) is 6.11. The van der Waals surface area contributed by atoms with Crippen molar-refractivity contribution >= 4 is 17.8 Å². The molecule has 0 aliphatic carbocycles. The quantitative estimate of drug-likeness (QED) is 0.467. The molecule has 2 aromatic carbocycles. The van der Waals surface area contributed by atoms with E-state index in [0.717, 1.165) is 11.1 Å². The number of nitro groups is 1. The molecule has 0 aromatic heterocycles. The fraction of sp³-hybridized carbons (Fsp3) is 0.263. The van der Waals surface area contributed by atoms with Crippen LogP contribution in [0.1, 0.15) is 36.5 Å². The molecule has 2 aromatic rings. The third-order valence-corrected chi connectivity index (χ3v) is 3.72. The van der Waals surface area contributed by atoms with Crippen LogP contribution in [-0.2, 0) is 4.79 Å².